The lowest BCUT2D eigenvalue weighted by atomic mass is 9.86. The molecule has 2 N–H and O–H groups in total. The number of guanidine groups is 1. The molecule has 2 aliphatic carbocycles. The summed E-state index contributed by atoms with van der Waals surface area (Å²) in [5.74, 6) is 2.53. The fourth-order valence-electron chi connectivity index (χ4n) is 4.97. The van der Waals surface area contributed by atoms with Crippen LogP contribution in [0.4, 0.5) is 0 Å². The predicted octanol–water partition coefficient (Wildman–Crippen LogP) is 3.30. The van der Waals surface area contributed by atoms with Crippen molar-refractivity contribution in [3.63, 3.8) is 0 Å². The minimum atomic E-state index is 0.297. The van der Waals surface area contributed by atoms with E-state index in [0.29, 0.717) is 17.9 Å². The van der Waals surface area contributed by atoms with E-state index < -0.39 is 0 Å². The van der Waals surface area contributed by atoms with Crippen molar-refractivity contribution in [2.24, 2.45) is 16.8 Å². The molecule has 5 heteroatoms. The van der Waals surface area contributed by atoms with Crippen molar-refractivity contribution >= 4 is 11.9 Å². The molecular formula is C21H38N4O. The van der Waals surface area contributed by atoms with Crippen LogP contribution in [-0.2, 0) is 4.79 Å². The van der Waals surface area contributed by atoms with Crippen molar-refractivity contribution in [1.29, 1.82) is 0 Å². The summed E-state index contributed by atoms with van der Waals surface area (Å²) in [5, 5.41) is 7.00. The normalized spacial score (nSPS) is 25.7. The number of likely N-dealkylation sites (tertiary alicyclic amines) is 1. The van der Waals surface area contributed by atoms with E-state index in [1.807, 2.05) is 7.05 Å². The minimum absolute atomic E-state index is 0.297. The SMILES string of the molecule is CN=C(NCCCC1CCCCC1)NC1CCN(C(=O)C2CCCC2)C1. The van der Waals surface area contributed by atoms with E-state index in [4.69, 9.17) is 0 Å². The van der Waals surface area contributed by atoms with Gasteiger partial charge in [0.05, 0.1) is 0 Å². The number of nitrogens with one attached hydrogen (secondary N) is 2. The van der Waals surface area contributed by atoms with Gasteiger partial charge in [-0.25, -0.2) is 0 Å². The second-order valence-electron chi connectivity index (χ2n) is 8.54. The zero-order valence-electron chi connectivity index (χ0n) is 16.6. The highest BCUT2D eigenvalue weighted by Gasteiger charge is 2.32. The van der Waals surface area contributed by atoms with Crippen molar-refractivity contribution in [3.05, 3.63) is 0 Å². The molecular weight excluding hydrogens is 324 g/mol. The van der Waals surface area contributed by atoms with E-state index >= 15 is 0 Å². The van der Waals surface area contributed by atoms with Gasteiger partial charge in [0.15, 0.2) is 5.96 Å². The van der Waals surface area contributed by atoms with Gasteiger partial charge in [-0.2, -0.15) is 0 Å². The van der Waals surface area contributed by atoms with Gasteiger partial charge in [0, 0.05) is 38.6 Å². The maximum Gasteiger partial charge on any atom is 0.225 e. The molecule has 1 aliphatic heterocycles. The predicted molar refractivity (Wildman–Crippen MR) is 107 cm³/mol. The molecule has 2 saturated carbocycles. The van der Waals surface area contributed by atoms with Crippen LogP contribution in [0.2, 0.25) is 0 Å². The van der Waals surface area contributed by atoms with Crippen molar-refractivity contribution in [1.82, 2.24) is 15.5 Å². The standard InChI is InChI=1S/C21H38N4O/c1-22-21(23-14-7-10-17-8-3-2-4-9-17)24-19-13-15-25(16-19)20(26)18-11-5-6-12-18/h17-19H,2-16H2,1H3,(H2,22,23,24). The van der Waals surface area contributed by atoms with Crippen LogP contribution in [-0.4, -0.2) is 49.5 Å². The first-order chi connectivity index (χ1) is 12.8. The molecule has 0 aromatic carbocycles. The molecule has 3 fully saturated rings. The number of amides is 1. The zero-order valence-corrected chi connectivity index (χ0v) is 16.6. The van der Waals surface area contributed by atoms with Crippen molar-refractivity contribution < 1.29 is 4.79 Å². The Balaban J connectivity index is 1.32. The zero-order chi connectivity index (χ0) is 18.2. The van der Waals surface area contributed by atoms with Gasteiger partial charge in [-0.05, 0) is 38.0 Å². The number of carbonyl (C=O) groups excluding carboxylic acids is 1. The Morgan fingerprint density at radius 1 is 1.04 bits per heavy atom. The van der Waals surface area contributed by atoms with Gasteiger partial charge in [0.25, 0.3) is 0 Å². The molecule has 0 aromatic rings. The van der Waals surface area contributed by atoms with Gasteiger partial charge < -0.3 is 15.5 Å². The third-order valence-electron chi connectivity index (χ3n) is 6.58. The van der Waals surface area contributed by atoms with Crippen LogP contribution < -0.4 is 10.6 Å². The van der Waals surface area contributed by atoms with Crippen molar-refractivity contribution in [3.8, 4) is 0 Å². The Labute approximate surface area is 159 Å². The van der Waals surface area contributed by atoms with Gasteiger partial charge in [-0.1, -0.05) is 44.9 Å². The lowest BCUT2D eigenvalue weighted by molar-refractivity contribution is -0.134. The average Bonchev–Trinajstić information content (AvgIpc) is 3.36. The molecule has 3 rings (SSSR count). The molecule has 26 heavy (non-hydrogen) atoms. The van der Waals surface area contributed by atoms with Gasteiger partial charge in [-0.3, -0.25) is 9.79 Å². The maximum absolute atomic E-state index is 12.6. The molecule has 5 nitrogen and oxygen atoms in total. The quantitative estimate of drug-likeness (QED) is 0.433. The Bertz CT molecular complexity index is 467. The van der Waals surface area contributed by atoms with Crippen LogP contribution in [0.5, 0.6) is 0 Å². The van der Waals surface area contributed by atoms with Crippen molar-refractivity contribution in [2.45, 2.75) is 83.1 Å². The summed E-state index contributed by atoms with van der Waals surface area (Å²) in [4.78, 5) is 19.0. The van der Waals surface area contributed by atoms with E-state index in [2.05, 4.69) is 20.5 Å². The van der Waals surface area contributed by atoms with Crippen LogP contribution in [0.25, 0.3) is 0 Å². The highest BCUT2D eigenvalue weighted by molar-refractivity contribution is 5.81. The monoisotopic (exact) mass is 362 g/mol. The Morgan fingerprint density at radius 2 is 1.77 bits per heavy atom. The van der Waals surface area contributed by atoms with Crippen molar-refractivity contribution in [2.75, 3.05) is 26.7 Å². The molecule has 0 spiro atoms. The molecule has 0 bridgehead atoms. The fraction of sp³-hybridized carbons (Fsp3) is 0.905. The summed E-state index contributed by atoms with van der Waals surface area (Å²) in [5.41, 5.74) is 0. The van der Waals surface area contributed by atoms with Gasteiger partial charge >= 0.3 is 0 Å². The molecule has 1 heterocycles. The molecule has 3 aliphatic rings. The second-order valence-corrected chi connectivity index (χ2v) is 8.54. The van der Waals surface area contributed by atoms with Gasteiger partial charge in [0.1, 0.15) is 0 Å². The number of hydrogen-bond donors (Lipinski definition) is 2. The maximum atomic E-state index is 12.6. The molecule has 1 saturated heterocycles. The van der Waals surface area contributed by atoms with Crippen LogP contribution >= 0.6 is 0 Å². The van der Waals surface area contributed by atoms with E-state index in [-0.39, 0.29) is 0 Å². The summed E-state index contributed by atoms with van der Waals surface area (Å²) in [6, 6.07) is 0.338. The van der Waals surface area contributed by atoms with Crippen LogP contribution in [0.15, 0.2) is 4.99 Å². The Morgan fingerprint density at radius 3 is 2.50 bits per heavy atom. The largest absolute Gasteiger partial charge is 0.356 e. The van der Waals surface area contributed by atoms with Gasteiger partial charge in [-0.15, -0.1) is 0 Å². The highest BCUT2D eigenvalue weighted by Crippen LogP contribution is 2.28. The first kappa shape index (κ1) is 19.5. The smallest absolute Gasteiger partial charge is 0.225 e. The number of rotatable bonds is 6. The Kier molecular flexibility index (Phi) is 7.63. The first-order valence-corrected chi connectivity index (χ1v) is 11.0. The molecule has 1 unspecified atom stereocenters. The molecule has 1 atom stereocenters. The van der Waals surface area contributed by atoms with Crippen LogP contribution in [0, 0.1) is 11.8 Å². The highest BCUT2D eigenvalue weighted by atomic mass is 16.2. The summed E-state index contributed by atoms with van der Waals surface area (Å²) in [6.07, 6.45) is 15.4. The summed E-state index contributed by atoms with van der Waals surface area (Å²) in [6.45, 7) is 2.72. The summed E-state index contributed by atoms with van der Waals surface area (Å²) in [7, 11) is 1.84. The molecule has 148 valence electrons. The van der Waals surface area contributed by atoms with Crippen LogP contribution in [0.1, 0.15) is 77.0 Å². The minimum Gasteiger partial charge on any atom is -0.356 e. The molecule has 1 amide bonds. The van der Waals surface area contributed by atoms with E-state index in [9.17, 15) is 4.79 Å². The number of carbonyl (C=O) groups is 1. The summed E-state index contributed by atoms with van der Waals surface area (Å²) >= 11 is 0. The van der Waals surface area contributed by atoms with Gasteiger partial charge in [0.2, 0.25) is 5.91 Å². The number of aliphatic imine (C=N–C) groups is 1. The van der Waals surface area contributed by atoms with E-state index in [0.717, 1.165) is 50.8 Å². The Hall–Kier alpha value is -1.26. The first-order valence-electron chi connectivity index (χ1n) is 11.0. The topological polar surface area (TPSA) is 56.7 Å². The lowest BCUT2D eigenvalue weighted by Crippen LogP contribution is -2.45. The number of nitrogens with zero attached hydrogens (tertiary/aromatic N) is 2. The summed E-state index contributed by atoms with van der Waals surface area (Å²) < 4.78 is 0. The third kappa shape index (κ3) is 5.62. The van der Waals surface area contributed by atoms with E-state index in [1.54, 1.807) is 0 Å². The molecule has 0 aromatic heterocycles. The number of hydrogen-bond acceptors (Lipinski definition) is 2. The third-order valence-corrected chi connectivity index (χ3v) is 6.58. The van der Waals surface area contributed by atoms with E-state index in [1.165, 1.54) is 57.8 Å². The molecule has 0 radical (unpaired) electrons. The fourth-order valence-corrected chi connectivity index (χ4v) is 4.97. The second kappa shape index (κ2) is 10.2. The average molecular weight is 363 g/mol. The lowest BCUT2D eigenvalue weighted by Gasteiger charge is -2.22. The van der Waals surface area contributed by atoms with Crippen LogP contribution in [0.3, 0.4) is 0 Å².